The lowest BCUT2D eigenvalue weighted by molar-refractivity contribution is -0.376. The van der Waals surface area contributed by atoms with E-state index in [2.05, 4.69) is 10.2 Å². The fourth-order valence-corrected chi connectivity index (χ4v) is 4.55. The quantitative estimate of drug-likeness (QED) is 0.275. The first-order chi connectivity index (χ1) is 18.4. The predicted octanol–water partition coefficient (Wildman–Crippen LogP) is 4.85. The monoisotopic (exact) mass is 553 g/mol. The van der Waals surface area contributed by atoms with Crippen LogP contribution in [0.2, 0.25) is 0 Å². The molecule has 0 saturated carbocycles. The zero-order valence-electron chi connectivity index (χ0n) is 20.9. The summed E-state index contributed by atoms with van der Waals surface area (Å²) in [4.78, 5) is 4.20. The predicted molar refractivity (Wildman–Crippen MR) is 134 cm³/mol. The molecular formula is C28H29F6N3O2. The Labute approximate surface area is 222 Å². The fraction of sp³-hybridized carbons (Fsp3) is 0.357. The number of aliphatic hydroxyl groups is 2. The van der Waals surface area contributed by atoms with E-state index in [4.69, 9.17) is 0 Å². The molecule has 1 saturated heterocycles. The van der Waals surface area contributed by atoms with Gasteiger partial charge in [0.25, 0.3) is 5.60 Å². The van der Waals surface area contributed by atoms with E-state index in [1.54, 1.807) is 12.1 Å². The summed E-state index contributed by atoms with van der Waals surface area (Å²) >= 11 is 0. The molecule has 1 aliphatic rings. The number of piperazine rings is 1. The van der Waals surface area contributed by atoms with E-state index in [0.717, 1.165) is 36.3 Å². The second-order valence-electron chi connectivity index (χ2n) is 9.53. The third-order valence-electron chi connectivity index (χ3n) is 6.90. The number of benzene rings is 3. The van der Waals surface area contributed by atoms with E-state index in [9.17, 15) is 36.6 Å². The maximum absolute atomic E-state index is 13.1. The molecule has 1 atom stereocenters. The van der Waals surface area contributed by atoms with Gasteiger partial charge in [0.05, 0.1) is 0 Å². The van der Waals surface area contributed by atoms with Gasteiger partial charge >= 0.3 is 12.4 Å². The van der Waals surface area contributed by atoms with Crippen molar-refractivity contribution in [2.24, 2.45) is 0 Å². The Balaban J connectivity index is 1.31. The Bertz CT molecular complexity index is 1180. The average molecular weight is 554 g/mol. The number of nitrogens with zero attached hydrogens (tertiary/aromatic N) is 2. The van der Waals surface area contributed by atoms with Crippen LogP contribution in [0.4, 0.5) is 26.3 Å². The number of alkyl halides is 6. The van der Waals surface area contributed by atoms with Crippen LogP contribution in [0.3, 0.4) is 0 Å². The van der Waals surface area contributed by atoms with Crippen LogP contribution in [0.1, 0.15) is 16.7 Å². The summed E-state index contributed by atoms with van der Waals surface area (Å²) < 4.78 is 78.7. The van der Waals surface area contributed by atoms with Crippen LogP contribution in [0, 0.1) is 0 Å². The minimum atomic E-state index is -5.92. The molecule has 0 radical (unpaired) electrons. The molecule has 0 aliphatic carbocycles. The van der Waals surface area contributed by atoms with Crippen molar-refractivity contribution in [3.05, 3.63) is 95.6 Å². The van der Waals surface area contributed by atoms with Crippen molar-refractivity contribution >= 4 is 0 Å². The van der Waals surface area contributed by atoms with Crippen LogP contribution >= 0.6 is 0 Å². The molecular weight excluding hydrogens is 524 g/mol. The lowest BCUT2D eigenvalue weighted by atomic mass is 9.90. The van der Waals surface area contributed by atoms with Crippen molar-refractivity contribution < 1.29 is 36.6 Å². The first-order valence-electron chi connectivity index (χ1n) is 12.4. The summed E-state index contributed by atoms with van der Waals surface area (Å²) in [5, 5.41) is 23.1. The highest BCUT2D eigenvalue weighted by Crippen LogP contribution is 2.50. The van der Waals surface area contributed by atoms with Crippen molar-refractivity contribution in [2.75, 3.05) is 26.2 Å². The number of nitrogens with one attached hydrogen (secondary N) is 1. The maximum Gasteiger partial charge on any atom is 0.430 e. The molecule has 210 valence electrons. The van der Waals surface area contributed by atoms with Gasteiger partial charge in [0, 0.05) is 44.8 Å². The highest BCUT2D eigenvalue weighted by molar-refractivity contribution is 5.64. The van der Waals surface area contributed by atoms with Crippen LogP contribution in [-0.4, -0.2) is 64.9 Å². The summed E-state index contributed by atoms with van der Waals surface area (Å²) in [6.07, 6.45) is -12.6. The highest BCUT2D eigenvalue weighted by atomic mass is 19.4. The summed E-state index contributed by atoms with van der Waals surface area (Å²) in [5.41, 5.74) is -3.12. The van der Waals surface area contributed by atoms with Gasteiger partial charge in [0.2, 0.25) is 0 Å². The molecule has 0 aromatic heterocycles. The number of halogens is 6. The SMILES string of the molecule is OC(NCc1ccccc1)N1CCN(Cc2ccc(-c3ccc(C(O)(C(F)(F)F)C(F)(F)F)cc3)cc2)CC1. The fourth-order valence-electron chi connectivity index (χ4n) is 4.55. The van der Waals surface area contributed by atoms with E-state index in [0.29, 0.717) is 49.4 Å². The van der Waals surface area contributed by atoms with Gasteiger partial charge in [-0.2, -0.15) is 26.3 Å². The molecule has 3 aromatic rings. The van der Waals surface area contributed by atoms with Crippen molar-refractivity contribution in [2.45, 2.75) is 37.4 Å². The summed E-state index contributed by atoms with van der Waals surface area (Å²) in [6.45, 7) is 4.06. The van der Waals surface area contributed by atoms with Crippen molar-refractivity contribution in [3.63, 3.8) is 0 Å². The van der Waals surface area contributed by atoms with Gasteiger partial charge in [-0.05, 0) is 22.3 Å². The molecule has 1 aliphatic heterocycles. The first kappa shape index (κ1) is 29.0. The van der Waals surface area contributed by atoms with Gasteiger partial charge in [0.1, 0.15) is 0 Å². The van der Waals surface area contributed by atoms with Gasteiger partial charge in [-0.1, -0.05) is 78.9 Å². The van der Waals surface area contributed by atoms with Crippen molar-refractivity contribution in [3.8, 4) is 11.1 Å². The molecule has 1 unspecified atom stereocenters. The van der Waals surface area contributed by atoms with E-state index in [-0.39, 0.29) is 0 Å². The smallest absolute Gasteiger partial charge is 0.369 e. The Morgan fingerprint density at radius 1 is 0.692 bits per heavy atom. The molecule has 0 spiro atoms. The van der Waals surface area contributed by atoms with E-state index in [1.165, 1.54) is 0 Å². The van der Waals surface area contributed by atoms with E-state index >= 15 is 0 Å². The Morgan fingerprint density at radius 3 is 1.72 bits per heavy atom. The number of hydrogen-bond acceptors (Lipinski definition) is 5. The number of rotatable bonds is 8. The number of aliphatic hydroxyl groups excluding tert-OH is 1. The lowest BCUT2D eigenvalue weighted by Crippen LogP contribution is -2.54. The zero-order chi connectivity index (χ0) is 28.3. The summed E-state index contributed by atoms with van der Waals surface area (Å²) in [5.74, 6) is 0. The van der Waals surface area contributed by atoms with Crippen LogP contribution in [0.25, 0.3) is 11.1 Å². The minimum Gasteiger partial charge on any atom is -0.369 e. The average Bonchev–Trinajstić information content (AvgIpc) is 2.91. The molecule has 0 bridgehead atoms. The molecule has 3 aromatic carbocycles. The van der Waals surface area contributed by atoms with Gasteiger partial charge < -0.3 is 10.2 Å². The van der Waals surface area contributed by atoms with Crippen molar-refractivity contribution in [1.29, 1.82) is 0 Å². The van der Waals surface area contributed by atoms with Gasteiger partial charge in [-0.3, -0.25) is 15.1 Å². The third kappa shape index (κ3) is 6.62. The van der Waals surface area contributed by atoms with Crippen molar-refractivity contribution in [1.82, 2.24) is 15.1 Å². The molecule has 11 heteroatoms. The first-order valence-corrected chi connectivity index (χ1v) is 12.4. The largest absolute Gasteiger partial charge is 0.430 e. The Morgan fingerprint density at radius 2 is 1.21 bits per heavy atom. The van der Waals surface area contributed by atoms with Crippen LogP contribution in [0.5, 0.6) is 0 Å². The molecule has 39 heavy (non-hydrogen) atoms. The second kappa shape index (κ2) is 11.6. The molecule has 3 N–H and O–H groups in total. The Kier molecular flexibility index (Phi) is 8.67. The molecule has 5 nitrogen and oxygen atoms in total. The van der Waals surface area contributed by atoms with E-state index < -0.39 is 29.9 Å². The third-order valence-corrected chi connectivity index (χ3v) is 6.90. The van der Waals surface area contributed by atoms with Gasteiger partial charge in [0.15, 0.2) is 6.35 Å². The van der Waals surface area contributed by atoms with Crippen LogP contribution < -0.4 is 5.32 Å². The lowest BCUT2D eigenvalue weighted by Gasteiger charge is -2.37. The minimum absolute atomic E-state index is 0.419. The van der Waals surface area contributed by atoms with Crippen LogP contribution in [0.15, 0.2) is 78.9 Å². The zero-order valence-corrected chi connectivity index (χ0v) is 20.9. The second-order valence-corrected chi connectivity index (χ2v) is 9.53. The molecule has 0 amide bonds. The molecule has 1 fully saturated rings. The Hall–Kier alpha value is -2.96. The standard InChI is InChI=1S/C28H29F6N3O2/c29-27(30,31)26(39,28(32,33)34)24-12-10-23(11-13-24)22-8-6-21(7-9-22)19-36-14-16-37(17-15-36)25(38)35-18-20-4-2-1-3-5-20/h1-13,25,35,38-39H,14-19H2. The van der Waals surface area contributed by atoms with Crippen LogP contribution in [-0.2, 0) is 18.7 Å². The van der Waals surface area contributed by atoms with Gasteiger partial charge in [-0.25, -0.2) is 0 Å². The topological polar surface area (TPSA) is 59.0 Å². The normalized spacial score (nSPS) is 16.8. The molecule has 4 rings (SSSR count). The number of hydrogen-bond donors (Lipinski definition) is 3. The summed E-state index contributed by atoms with van der Waals surface area (Å²) in [7, 11) is 0. The van der Waals surface area contributed by atoms with E-state index in [1.807, 2.05) is 47.4 Å². The maximum atomic E-state index is 13.1. The highest BCUT2D eigenvalue weighted by Gasteiger charge is 2.71. The summed E-state index contributed by atoms with van der Waals surface area (Å²) in [6, 6.07) is 20.6. The molecule has 1 heterocycles. The van der Waals surface area contributed by atoms with Gasteiger partial charge in [-0.15, -0.1) is 0 Å².